The molecule has 1 aliphatic rings. The normalized spacial score (nSPS) is 29.2. The van der Waals surface area contributed by atoms with Crippen LogP contribution in [0.15, 0.2) is 0 Å². The van der Waals surface area contributed by atoms with Gasteiger partial charge in [0, 0.05) is 24.5 Å². The minimum absolute atomic E-state index is 0.0588. The fourth-order valence-electron chi connectivity index (χ4n) is 2.19. The minimum atomic E-state index is -0.122. The maximum absolute atomic E-state index is 9.60. The Balaban J connectivity index is 2.16. The van der Waals surface area contributed by atoms with Gasteiger partial charge in [-0.15, -0.1) is 0 Å². The van der Waals surface area contributed by atoms with Gasteiger partial charge in [0.25, 0.3) is 0 Å². The predicted octanol–water partition coefficient (Wildman–Crippen LogP) is 1.08. The lowest BCUT2D eigenvalue weighted by molar-refractivity contribution is -0.0725. The molecule has 15 heavy (non-hydrogen) atoms. The van der Waals surface area contributed by atoms with E-state index in [1.54, 1.807) is 0 Å². The summed E-state index contributed by atoms with van der Waals surface area (Å²) in [6, 6.07) is 0.489. The maximum Gasteiger partial charge on any atom is 0.0621 e. The minimum Gasteiger partial charge on any atom is -0.392 e. The molecule has 0 amide bonds. The molecule has 2 unspecified atom stereocenters. The second kappa shape index (κ2) is 5.28. The van der Waals surface area contributed by atoms with Crippen LogP contribution in [0.5, 0.6) is 0 Å². The Labute approximate surface area is 93.9 Å². The van der Waals surface area contributed by atoms with Gasteiger partial charge >= 0.3 is 0 Å². The van der Waals surface area contributed by atoms with Crippen molar-refractivity contribution in [2.45, 2.75) is 46.3 Å². The van der Waals surface area contributed by atoms with Gasteiger partial charge < -0.3 is 15.3 Å². The van der Waals surface area contributed by atoms with Crippen molar-refractivity contribution in [2.24, 2.45) is 5.41 Å². The zero-order chi connectivity index (χ0) is 11.5. The van der Waals surface area contributed by atoms with Crippen molar-refractivity contribution in [3.05, 3.63) is 0 Å². The van der Waals surface area contributed by atoms with E-state index in [2.05, 4.69) is 37.9 Å². The van der Waals surface area contributed by atoms with Crippen molar-refractivity contribution in [3.63, 3.8) is 0 Å². The van der Waals surface area contributed by atoms with Crippen molar-refractivity contribution < 1.29 is 5.11 Å². The number of nitrogens with zero attached hydrogens (tertiary/aromatic N) is 1. The van der Waals surface area contributed by atoms with Crippen LogP contribution in [-0.2, 0) is 0 Å². The highest BCUT2D eigenvalue weighted by Gasteiger charge is 2.46. The van der Waals surface area contributed by atoms with Gasteiger partial charge in [0.05, 0.1) is 6.10 Å². The van der Waals surface area contributed by atoms with E-state index in [9.17, 15) is 5.11 Å². The van der Waals surface area contributed by atoms with Crippen molar-refractivity contribution in [1.82, 2.24) is 10.2 Å². The van der Waals surface area contributed by atoms with Crippen LogP contribution in [0.4, 0.5) is 0 Å². The number of aliphatic hydroxyl groups excluding tert-OH is 1. The van der Waals surface area contributed by atoms with Crippen LogP contribution in [0.3, 0.4) is 0 Å². The molecule has 3 heteroatoms. The molecule has 0 spiro atoms. The Morgan fingerprint density at radius 2 is 1.93 bits per heavy atom. The lowest BCUT2D eigenvalue weighted by Crippen LogP contribution is -2.60. The van der Waals surface area contributed by atoms with E-state index in [-0.39, 0.29) is 11.5 Å². The first-order chi connectivity index (χ1) is 7.02. The van der Waals surface area contributed by atoms with E-state index in [1.165, 1.54) is 0 Å². The van der Waals surface area contributed by atoms with E-state index in [0.717, 1.165) is 32.6 Å². The van der Waals surface area contributed by atoms with E-state index < -0.39 is 0 Å². The third kappa shape index (κ3) is 2.92. The molecule has 0 aromatic carbocycles. The smallest absolute Gasteiger partial charge is 0.0621 e. The summed E-state index contributed by atoms with van der Waals surface area (Å²) in [4.78, 5) is 2.41. The summed E-state index contributed by atoms with van der Waals surface area (Å²) >= 11 is 0. The van der Waals surface area contributed by atoms with Crippen molar-refractivity contribution in [3.8, 4) is 0 Å². The van der Waals surface area contributed by atoms with Crippen LogP contribution in [-0.4, -0.2) is 48.3 Å². The van der Waals surface area contributed by atoms with E-state index in [4.69, 9.17) is 0 Å². The summed E-state index contributed by atoms with van der Waals surface area (Å²) in [6.45, 7) is 13.0. The molecule has 90 valence electrons. The lowest BCUT2D eigenvalue weighted by Gasteiger charge is -2.49. The van der Waals surface area contributed by atoms with Gasteiger partial charge in [-0.3, -0.25) is 0 Å². The second-order valence-electron chi connectivity index (χ2n) is 5.11. The summed E-state index contributed by atoms with van der Waals surface area (Å²) in [5.41, 5.74) is 0.0588. The largest absolute Gasteiger partial charge is 0.392 e. The summed E-state index contributed by atoms with van der Waals surface area (Å²) in [7, 11) is 0. The molecule has 0 aromatic rings. The van der Waals surface area contributed by atoms with Crippen LogP contribution >= 0.6 is 0 Å². The molecule has 1 rings (SSSR count). The highest BCUT2D eigenvalue weighted by molar-refractivity contribution is 5.01. The molecule has 0 radical (unpaired) electrons. The Bertz CT molecular complexity index is 190. The number of nitrogens with one attached hydrogen (secondary N) is 1. The molecule has 3 nitrogen and oxygen atoms in total. The van der Waals surface area contributed by atoms with Crippen LogP contribution in [0, 0.1) is 5.41 Å². The standard InChI is InChI=1S/C12H26N2O/c1-5-14(6-2)8-7-13-10-9-11(15)12(10,3)4/h10-11,13,15H,5-9H2,1-4H3. The number of aliphatic hydroxyl groups is 1. The van der Waals surface area contributed by atoms with Gasteiger partial charge in [-0.25, -0.2) is 0 Å². The van der Waals surface area contributed by atoms with Gasteiger partial charge in [-0.1, -0.05) is 27.7 Å². The van der Waals surface area contributed by atoms with Gasteiger partial charge in [0.2, 0.25) is 0 Å². The molecular weight excluding hydrogens is 188 g/mol. The molecule has 0 bridgehead atoms. The molecule has 1 aliphatic carbocycles. The molecule has 1 saturated carbocycles. The molecule has 0 aromatic heterocycles. The Morgan fingerprint density at radius 1 is 1.33 bits per heavy atom. The number of hydrogen-bond donors (Lipinski definition) is 2. The third-order valence-electron chi connectivity index (χ3n) is 3.93. The predicted molar refractivity (Wildman–Crippen MR) is 64.0 cm³/mol. The monoisotopic (exact) mass is 214 g/mol. The Morgan fingerprint density at radius 3 is 2.33 bits per heavy atom. The first-order valence-corrected chi connectivity index (χ1v) is 6.16. The second-order valence-corrected chi connectivity index (χ2v) is 5.11. The molecule has 2 atom stereocenters. The summed E-state index contributed by atoms with van der Waals surface area (Å²) in [6.07, 6.45) is 0.786. The van der Waals surface area contributed by atoms with E-state index in [1.807, 2.05) is 0 Å². The summed E-state index contributed by atoms with van der Waals surface area (Å²) in [5, 5.41) is 13.1. The van der Waals surface area contributed by atoms with Gasteiger partial charge in [0.1, 0.15) is 0 Å². The van der Waals surface area contributed by atoms with Crippen molar-refractivity contribution in [1.29, 1.82) is 0 Å². The van der Waals surface area contributed by atoms with E-state index in [0.29, 0.717) is 6.04 Å². The zero-order valence-corrected chi connectivity index (χ0v) is 10.6. The first-order valence-electron chi connectivity index (χ1n) is 6.16. The Kier molecular flexibility index (Phi) is 4.56. The van der Waals surface area contributed by atoms with Gasteiger partial charge in [-0.2, -0.15) is 0 Å². The van der Waals surface area contributed by atoms with Crippen LogP contribution < -0.4 is 5.32 Å². The SMILES string of the molecule is CCN(CC)CCNC1CC(O)C1(C)C. The van der Waals surface area contributed by atoms with E-state index >= 15 is 0 Å². The van der Waals surface area contributed by atoms with Crippen LogP contribution in [0.25, 0.3) is 0 Å². The zero-order valence-electron chi connectivity index (χ0n) is 10.6. The topological polar surface area (TPSA) is 35.5 Å². The van der Waals surface area contributed by atoms with Gasteiger partial charge in [0.15, 0.2) is 0 Å². The number of hydrogen-bond acceptors (Lipinski definition) is 3. The van der Waals surface area contributed by atoms with Crippen LogP contribution in [0.2, 0.25) is 0 Å². The molecule has 0 heterocycles. The molecule has 2 N–H and O–H groups in total. The highest BCUT2D eigenvalue weighted by Crippen LogP contribution is 2.40. The average molecular weight is 214 g/mol. The fourth-order valence-corrected chi connectivity index (χ4v) is 2.19. The quantitative estimate of drug-likeness (QED) is 0.694. The lowest BCUT2D eigenvalue weighted by atomic mass is 9.64. The number of likely N-dealkylation sites (N-methyl/N-ethyl adjacent to an activating group) is 1. The molecule has 0 saturated heterocycles. The molecule has 1 fully saturated rings. The summed E-state index contributed by atoms with van der Waals surface area (Å²) in [5.74, 6) is 0. The summed E-state index contributed by atoms with van der Waals surface area (Å²) < 4.78 is 0. The average Bonchev–Trinajstić information content (AvgIpc) is 2.23. The maximum atomic E-state index is 9.60. The number of rotatable bonds is 6. The Hall–Kier alpha value is -0.120. The highest BCUT2D eigenvalue weighted by atomic mass is 16.3. The van der Waals surface area contributed by atoms with Gasteiger partial charge in [-0.05, 0) is 19.5 Å². The third-order valence-corrected chi connectivity index (χ3v) is 3.93. The van der Waals surface area contributed by atoms with Crippen LogP contribution in [0.1, 0.15) is 34.1 Å². The molecule has 0 aliphatic heterocycles. The van der Waals surface area contributed by atoms with Crippen molar-refractivity contribution >= 4 is 0 Å². The van der Waals surface area contributed by atoms with Crippen molar-refractivity contribution in [2.75, 3.05) is 26.2 Å². The first kappa shape index (κ1) is 12.9. The molecular formula is C12H26N2O. The fraction of sp³-hybridized carbons (Fsp3) is 1.00.